The number of anilines is 1. The van der Waals surface area contributed by atoms with E-state index in [2.05, 4.69) is 124 Å². The van der Waals surface area contributed by atoms with Crippen molar-refractivity contribution in [1.29, 1.82) is 0 Å². The SMILES string of the molecule is Cc1ccc2c(c1)C(C)(C)C1=C3C=C4C=C5C6=[N+](CC[C@H]5O[C@H]4C[C@H]3CCN12)c1ccc(C(=O)NCCOCCOCCOCCOCCOCCOCCOCCOCCC(=O)CC[C@](C)(O)C[C@@H]2NC(=O)[C@@H]3CC4C(=Nc5ccccc54)SC[C@@H](NC(=O)C([C@H](C)O)NC(=O)[C@H](C)NC2=O)C(=O)N2C[C@H](C)C[C@H]2C(=O)N[C@@H](C)C(=O)N3)cc1C6(C)C. The number of nitrogens with zero attached hydrogens (tertiary/aromatic N) is 4. The van der Waals surface area contributed by atoms with E-state index in [-0.39, 0.29) is 105 Å². The average molecular weight is 1720 g/mol. The van der Waals surface area contributed by atoms with Gasteiger partial charge in [0.1, 0.15) is 48.1 Å². The second-order valence-electron chi connectivity index (χ2n) is 35.3. The molecule has 2 bridgehead atoms. The number of allylic oxidation sites excluding steroid dienone is 3. The lowest BCUT2D eigenvalue weighted by Gasteiger charge is -2.44. The Morgan fingerprint density at radius 1 is 0.667 bits per heavy atom. The zero-order valence-electron chi connectivity index (χ0n) is 72.6. The van der Waals surface area contributed by atoms with Gasteiger partial charge in [-0.3, -0.25) is 43.2 Å². The second kappa shape index (κ2) is 41.2. The molecule has 9 N–H and O–H groups in total. The van der Waals surface area contributed by atoms with Gasteiger partial charge in [0.2, 0.25) is 47.0 Å². The minimum Gasteiger partial charge on any atom is -0.391 e. The molecule has 31 nitrogen and oxygen atoms in total. The van der Waals surface area contributed by atoms with Crippen molar-refractivity contribution >= 4 is 92.6 Å². The van der Waals surface area contributed by atoms with E-state index >= 15 is 0 Å². The molecular formula is C91H124N11O20S+. The molecule has 10 aliphatic rings. The van der Waals surface area contributed by atoms with Crippen molar-refractivity contribution in [3.05, 3.63) is 123 Å². The lowest BCUT2D eigenvalue weighted by molar-refractivity contribution is -0.445. The molecule has 668 valence electrons. The number of fused-ring (bicyclic) bond motifs is 14. The summed E-state index contributed by atoms with van der Waals surface area (Å²) in [4.78, 5) is 136. The van der Waals surface area contributed by atoms with Gasteiger partial charge in [0.05, 0.1) is 146 Å². The van der Waals surface area contributed by atoms with Crippen LogP contribution in [-0.4, -0.2) is 287 Å². The molecule has 9 aliphatic heterocycles. The number of ether oxygens (including phenoxy) is 9. The van der Waals surface area contributed by atoms with Crippen LogP contribution in [-0.2, 0) is 91.8 Å². The summed E-state index contributed by atoms with van der Waals surface area (Å²) >= 11 is 1.12. The summed E-state index contributed by atoms with van der Waals surface area (Å²) < 4.78 is 54.8. The molecule has 32 heteroatoms. The number of ketones is 1. The zero-order chi connectivity index (χ0) is 87.4. The number of amides is 8. The van der Waals surface area contributed by atoms with E-state index in [1.165, 1.54) is 77.5 Å². The molecule has 0 radical (unpaired) electrons. The maximum atomic E-state index is 14.9. The molecule has 14 atom stereocenters. The summed E-state index contributed by atoms with van der Waals surface area (Å²) in [6.45, 7) is 26.6. The van der Waals surface area contributed by atoms with Crippen molar-refractivity contribution in [3.8, 4) is 0 Å². The number of rotatable bonds is 34. The smallest absolute Gasteiger partial charge is 0.251 e. The molecule has 13 rings (SSSR count). The van der Waals surface area contributed by atoms with Crippen LogP contribution >= 0.6 is 11.8 Å². The summed E-state index contributed by atoms with van der Waals surface area (Å²) in [6.07, 6.45) is 5.92. The molecule has 8 amide bonds. The number of aliphatic hydroxyl groups excluding tert-OH is 1. The van der Waals surface area contributed by atoms with Crippen LogP contribution in [0.15, 0.2) is 100 Å². The van der Waals surface area contributed by atoms with Gasteiger partial charge >= 0.3 is 0 Å². The van der Waals surface area contributed by atoms with Gasteiger partial charge < -0.3 is 99.9 Å². The number of Topliss-reactive ketones (excluding diaryl/α,β-unsaturated/α-hetero) is 1. The first kappa shape index (κ1) is 92.0. The number of hydrogen-bond donors (Lipinski definition) is 9. The first-order valence-electron chi connectivity index (χ1n) is 43.7. The van der Waals surface area contributed by atoms with E-state index in [0.29, 0.717) is 120 Å². The molecule has 2 unspecified atom stereocenters. The van der Waals surface area contributed by atoms with Crippen LogP contribution in [0.1, 0.15) is 159 Å². The number of benzene rings is 3. The maximum Gasteiger partial charge on any atom is 0.251 e. The molecule has 3 fully saturated rings. The predicted molar refractivity (Wildman–Crippen MR) is 460 cm³/mol. The third-order valence-electron chi connectivity index (χ3n) is 25.1. The maximum absolute atomic E-state index is 14.9. The molecule has 0 spiro atoms. The number of para-hydroxylation sites is 1. The van der Waals surface area contributed by atoms with Gasteiger partial charge in [0.25, 0.3) is 5.91 Å². The minimum atomic E-state index is -1.80. The van der Waals surface area contributed by atoms with Crippen molar-refractivity contribution in [2.75, 3.05) is 143 Å². The molecular weight excluding hydrogens is 1600 g/mol. The number of nitrogens with one attached hydrogen (secondary N) is 7. The van der Waals surface area contributed by atoms with Crippen LogP contribution in [0.2, 0.25) is 0 Å². The standard InChI is InChI=1S/C91H123N11O20S/c1-53-15-17-72-66(43-53)89(6,7)78-63-45-60-46-65-75(122-76(60)48-58(63)20-25-100(72)78)21-26-101-73-18-16-59(47-67(73)90(8,9)79(65)101)82(107)92-24-28-115-30-32-117-34-36-119-38-40-121-42-41-120-39-37-118-35-33-116-31-29-114-27-22-61(104)19-23-91(10,113)50-70-84(109)93-56(4)81(106)99-77(57(5)103)86(111)97-71-52-123-87-64(62-13-11-12-14-68(62)98-87)49-69(83(108)96-70)95-80(105)55(3)94-85(110)74-44-54(2)51-102(74)88(71)112/h11-18,43,45-47,54-58,64,69-71,74-77,103,113H,19-42,44,48-52H2,1-10H3,(H6-,92,93,94,95,96,97,99,105,106,107,108,109,110,111)/p+1/t54-,55+,56+,57+,58-,64?,69+,70+,71-,74+,75-,76+,77?,91+/m1/s1. The van der Waals surface area contributed by atoms with E-state index in [4.69, 9.17) is 47.6 Å². The van der Waals surface area contributed by atoms with Gasteiger partial charge in [-0.15, -0.1) is 11.8 Å². The van der Waals surface area contributed by atoms with Crippen LogP contribution in [0.5, 0.6) is 0 Å². The predicted octanol–water partition coefficient (Wildman–Crippen LogP) is 5.16. The number of carbonyl (C=O) groups is 9. The fourth-order valence-corrected chi connectivity index (χ4v) is 19.7. The zero-order valence-corrected chi connectivity index (χ0v) is 73.4. The Balaban J connectivity index is 0.459. The molecule has 1 aliphatic carbocycles. The Hall–Kier alpha value is -8.64. The van der Waals surface area contributed by atoms with Gasteiger partial charge in [-0.2, -0.15) is 4.58 Å². The van der Waals surface area contributed by atoms with E-state index in [0.717, 1.165) is 55.4 Å². The molecule has 123 heavy (non-hydrogen) atoms. The first-order valence-corrected chi connectivity index (χ1v) is 44.7. The van der Waals surface area contributed by atoms with Crippen LogP contribution in [0, 0.1) is 18.8 Å². The Morgan fingerprint density at radius 2 is 1.29 bits per heavy atom. The van der Waals surface area contributed by atoms with Crippen molar-refractivity contribution in [2.45, 2.75) is 210 Å². The second-order valence-corrected chi connectivity index (χ2v) is 36.3. The van der Waals surface area contributed by atoms with Crippen LogP contribution in [0.4, 0.5) is 17.1 Å². The van der Waals surface area contributed by atoms with Crippen molar-refractivity contribution < 1.29 is 101 Å². The fourth-order valence-electron chi connectivity index (χ4n) is 18.5. The van der Waals surface area contributed by atoms with Gasteiger partial charge in [0.15, 0.2) is 12.3 Å². The van der Waals surface area contributed by atoms with Gasteiger partial charge in [-0.25, -0.2) is 4.99 Å². The molecule has 3 aromatic rings. The van der Waals surface area contributed by atoms with Crippen LogP contribution in [0.25, 0.3) is 0 Å². The molecule has 0 saturated carbocycles. The third-order valence-corrected chi connectivity index (χ3v) is 26.2. The average Bonchev–Trinajstić information content (AvgIpc) is 1.56. The highest BCUT2D eigenvalue weighted by Gasteiger charge is 2.55. The molecule has 9 heterocycles. The monoisotopic (exact) mass is 1720 g/mol. The van der Waals surface area contributed by atoms with Gasteiger partial charge in [-0.05, 0) is 145 Å². The van der Waals surface area contributed by atoms with E-state index in [1.807, 2.05) is 19.1 Å². The molecule has 3 aromatic carbocycles. The normalized spacial score (nSPS) is 26.8. The Labute approximate surface area is 724 Å². The van der Waals surface area contributed by atoms with Crippen molar-refractivity contribution in [1.82, 2.24) is 42.1 Å². The number of hydrogen-bond acceptors (Lipinski definition) is 23. The number of thioether (sulfide) groups is 1. The summed E-state index contributed by atoms with van der Waals surface area (Å²) in [6, 6.07) is 10.5. The Bertz CT molecular complexity index is 4580. The highest BCUT2D eigenvalue weighted by Crippen LogP contribution is 2.56. The van der Waals surface area contributed by atoms with Gasteiger partial charge in [0, 0.05) is 96.6 Å². The van der Waals surface area contributed by atoms with E-state index in [1.54, 1.807) is 18.2 Å². The van der Waals surface area contributed by atoms with Crippen LogP contribution < -0.4 is 42.1 Å². The topological polar surface area (TPSA) is 383 Å². The van der Waals surface area contributed by atoms with E-state index < -0.39 is 108 Å². The quantitative estimate of drug-likeness (QED) is 0.0275. The fraction of sp³-hybridized carbons (Fsp3) is 0.615. The minimum absolute atomic E-state index is 0.00350. The Kier molecular flexibility index (Phi) is 30.8. The molecule has 0 aromatic heterocycles. The number of aliphatic imine (C=N–C) groups is 1. The highest BCUT2D eigenvalue weighted by molar-refractivity contribution is 8.14. The van der Waals surface area contributed by atoms with Crippen molar-refractivity contribution in [2.24, 2.45) is 16.8 Å². The number of aliphatic hydroxyl groups is 2. The molecule has 3 saturated heterocycles. The third kappa shape index (κ3) is 22.1. The van der Waals surface area contributed by atoms with Gasteiger partial charge in [-0.1, -0.05) is 62.7 Å². The lowest BCUT2D eigenvalue weighted by atomic mass is 9.71. The van der Waals surface area contributed by atoms with Crippen LogP contribution in [0.3, 0.4) is 0 Å². The summed E-state index contributed by atoms with van der Waals surface area (Å²) in [5.41, 5.74) is 12.8. The summed E-state index contributed by atoms with van der Waals surface area (Å²) in [5, 5.41) is 42.3. The first-order chi connectivity index (χ1) is 59.0. The largest absolute Gasteiger partial charge is 0.391 e. The van der Waals surface area contributed by atoms with E-state index in [9.17, 15) is 53.4 Å². The highest BCUT2D eigenvalue weighted by atomic mass is 32.2. The van der Waals surface area contributed by atoms with Crippen molar-refractivity contribution in [3.63, 3.8) is 0 Å². The number of carbonyl (C=O) groups excluding carboxylic acids is 9. The summed E-state index contributed by atoms with van der Waals surface area (Å²) in [5.74, 6) is -6.56. The lowest BCUT2D eigenvalue weighted by Crippen LogP contribution is -2.61. The summed E-state index contributed by atoms with van der Waals surface area (Å²) in [7, 11) is 0. The number of aryl methyl sites for hydroxylation is 1. The Morgan fingerprint density at radius 3 is 1.96 bits per heavy atom.